The van der Waals surface area contributed by atoms with Crippen molar-refractivity contribution in [2.75, 3.05) is 0 Å². The first-order valence-electron chi connectivity index (χ1n) is 9.73. The molecule has 0 amide bonds. The summed E-state index contributed by atoms with van der Waals surface area (Å²) in [6.07, 6.45) is 12.6. The molecule has 0 radical (unpaired) electrons. The van der Waals surface area contributed by atoms with Crippen molar-refractivity contribution in [3.05, 3.63) is 12.2 Å². The first-order valence-corrected chi connectivity index (χ1v) is 9.73. The third-order valence-electron chi connectivity index (χ3n) is 5.43. The van der Waals surface area contributed by atoms with Gasteiger partial charge in [0.25, 0.3) is 0 Å². The molecule has 1 unspecified atom stereocenters. The van der Waals surface area contributed by atoms with Crippen molar-refractivity contribution in [1.82, 2.24) is 0 Å². The Labute approximate surface area is 147 Å². The summed E-state index contributed by atoms with van der Waals surface area (Å²) < 4.78 is 0. The molecule has 0 aromatic carbocycles. The molecule has 4 nitrogen and oxygen atoms in total. The number of aliphatic carboxylic acids is 1. The van der Waals surface area contributed by atoms with Gasteiger partial charge in [0.15, 0.2) is 0 Å². The van der Waals surface area contributed by atoms with Gasteiger partial charge in [-0.1, -0.05) is 46.3 Å². The minimum Gasteiger partial charge on any atom is -0.481 e. The molecule has 0 spiro atoms. The van der Waals surface area contributed by atoms with Crippen molar-refractivity contribution in [2.24, 2.45) is 11.8 Å². The van der Waals surface area contributed by atoms with Crippen molar-refractivity contribution < 1.29 is 19.7 Å². The van der Waals surface area contributed by atoms with E-state index in [1.807, 2.05) is 0 Å². The SMILES string of the molecule is CC/C=C/C(CC)CCC[C@]1(CC)C[C@@H](CC)[C@@H](CC(=O)O)OO1. The largest absolute Gasteiger partial charge is 0.481 e. The normalized spacial score (nSPS) is 29.0. The van der Waals surface area contributed by atoms with Crippen molar-refractivity contribution in [1.29, 1.82) is 0 Å². The summed E-state index contributed by atoms with van der Waals surface area (Å²) in [7, 11) is 0. The smallest absolute Gasteiger partial charge is 0.306 e. The van der Waals surface area contributed by atoms with Crippen LogP contribution in [0.1, 0.15) is 85.5 Å². The van der Waals surface area contributed by atoms with E-state index in [4.69, 9.17) is 14.9 Å². The van der Waals surface area contributed by atoms with Crippen LogP contribution in [0.5, 0.6) is 0 Å². The fourth-order valence-corrected chi connectivity index (χ4v) is 3.64. The maximum atomic E-state index is 11.0. The Morgan fingerprint density at radius 3 is 2.62 bits per heavy atom. The van der Waals surface area contributed by atoms with Gasteiger partial charge in [-0.2, -0.15) is 0 Å². The van der Waals surface area contributed by atoms with E-state index in [0.29, 0.717) is 5.92 Å². The van der Waals surface area contributed by atoms with E-state index in [-0.39, 0.29) is 24.0 Å². The third kappa shape index (κ3) is 6.56. The predicted molar refractivity (Wildman–Crippen MR) is 96.7 cm³/mol. The van der Waals surface area contributed by atoms with Crippen LogP contribution in [0.3, 0.4) is 0 Å². The van der Waals surface area contributed by atoms with Gasteiger partial charge < -0.3 is 5.11 Å². The Bertz CT molecular complexity index is 393. The van der Waals surface area contributed by atoms with Crippen LogP contribution in [0, 0.1) is 11.8 Å². The van der Waals surface area contributed by atoms with E-state index in [9.17, 15) is 4.79 Å². The summed E-state index contributed by atoms with van der Waals surface area (Å²) in [5, 5.41) is 9.02. The minimum atomic E-state index is -0.820. The molecule has 0 aromatic heterocycles. The molecule has 1 rings (SSSR count). The second kappa shape index (κ2) is 10.9. The molecule has 0 bridgehead atoms. The monoisotopic (exact) mass is 340 g/mol. The molecule has 0 aliphatic carbocycles. The molecule has 1 saturated heterocycles. The Hall–Kier alpha value is -0.870. The van der Waals surface area contributed by atoms with Gasteiger partial charge in [-0.3, -0.25) is 4.79 Å². The van der Waals surface area contributed by atoms with Crippen LogP contribution < -0.4 is 0 Å². The van der Waals surface area contributed by atoms with Gasteiger partial charge in [-0.05, 0) is 56.8 Å². The molecule has 4 heteroatoms. The highest BCUT2D eigenvalue weighted by molar-refractivity contribution is 5.67. The zero-order valence-corrected chi connectivity index (χ0v) is 15.9. The number of hydrogen-bond donors (Lipinski definition) is 1. The van der Waals surface area contributed by atoms with Gasteiger partial charge in [0.2, 0.25) is 0 Å². The zero-order chi connectivity index (χ0) is 18.0. The summed E-state index contributed by atoms with van der Waals surface area (Å²) in [4.78, 5) is 22.3. The Morgan fingerprint density at radius 1 is 1.33 bits per heavy atom. The highest BCUT2D eigenvalue weighted by atomic mass is 17.2. The molecule has 0 aromatic rings. The lowest BCUT2D eigenvalue weighted by atomic mass is 9.79. The highest BCUT2D eigenvalue weighted by Gasteiger charge is 2.42. The molecule has 0 saturated carbocycles. The lowest BCUT2D eigenvalue weighted by Crippen LogP contribution is -2.45. The maximum Gasteiger partial charge on any atom is 0.306 e. The highest BCUT2D eigenvalue weighted by Crippen LogP contribution is 2.40. The summed E-state index contributed by atoms with van der Waals surface area (Å²) in [5.74, 6) is 0.0846. The summed E-state index contributed by atoms with van der Waals surface area (Å²) >= 11 is 0. The van der Waals surface area contributed by atoms with Gasteiger partial charge in [-0.15, -0.1) is 0 Å². The first kappa shape index (κ1) is 21.2. The summed E-state index contributed by atoms with van der Waals surface area (Å²) in [6, 6.07) is 0. The van der Waals surface area contributed by atoms with Crippen LogP contribution in [0.4, 0.5) is 0 Å². The van der Waals surface area contributed by atoms with Crippen LogP contribution in [-0.2, 0) is 14.6 Å². The fraction of sp³-hybridized carbons (Fsp3) is 0.850. The molecule has 1 aliphatic heterocycles. The molecule has 1 fully saturated rings. The molecular weight excluding hydrogens is 304 g/mol. The van der Waals surface area contributed by atoms with E-state index in [1.165, 1.54) is 12.8 Å². The molecule has 1 N–H and O–H groups in total. The second-order valence-corrected chi connectivity index (χ2v) is 7.12. The topological polar surface area (TPSA) is 55.8 Å². The lowest BCUT2D eigenvalue weighted by molar-refractivity contribution is -0.423. The number of rotatable bonds is 11. The maximum absolute atomic E-state index is 11.0. The molecule has 4 atom stereocenters. The van der Waals surface area contributed by atoms with Gasteiger partial charge in [0.05, 0.1) is 6.42 Å². The number of hydrogen-bond acceptors (Lipinski definition) is 3. The minimum absolute atomic E-state index is 0.0258. The molecule has 1 heterocycles. The molecule has 1 aliphatic rings. The van der Waals surface area contributed by atoms with E-state index in [1.54, 1.807) is 0 Å². The Kier molecular flexibility index (Phi) is 9.60. The summed E-state index contributed by atoms with van der Waals surface area (Å²) in [6.45, 7) is 8.66. The second-order valence-electron chi connectivity index (χ2n) is 7.12. The number of carboxylic acids is 1. The standard InChI is InChI=1S/C20H36O4/c1-5-9-11-16(6-2)12-10-13-20(8-4)15-17(7-3)18(23-24-20)14-19(21)22/h9,11,16-18H,5-8,10,12-15H2,1-4H3,(H,21,22)/b11-9+/t16?,17-,18-,20-/m1/s1. The lowest BCUT2D eigenvalue weighted by Gasteiger charge is -2.42. The first-order chi connectivity index (χ1) is 11.5. The van der Waals surface area contributed by atoms with Crippen LogP contribution in [0.15, 0.2) is 12.2 Å². The molecular formula is C20H36O4. The predicted octanol–water partition coefficient (Wildman–Crippen LogP) is 5.52. The van der Waals surface area contributed by atoms with Crippen LogP contribution in [-0.4, -0.2) is 22.8 Å². The number of carbonyl (C=O) groups is 1. The van der Waals surface area contributed by atoms with Crippen molar-refractivity contribution in [3.63, 3.8) is 0 Å². The summed E-state index contributed by atoms with van der Waals surface area (Å²) in [5.41, 5.74) is -0.248. The number of allylic oxidation sites excluding steroid dienone is 2. The van der Waals surface area contributed by atoms with Crippen molar-refractivity contribution >= 4 is 5.97 Å². The average Bonchev–Trinajstić information content (AvgIpc) is 2.58. The van der Waals surface area contributed by atoms with Crippen LogP contribution in [0.2, 0.25) is 0 Å². The van der Waals surface area contributed by atoms with Crippen LogP contribution >= 0.6 is 0 Å². The number of carboxylic acid groups (broad SMARTS) is 1. The van der Waals surface area contributed by atoms with Crippen molar-refractivity contribution in [3.8, 4) is 0 Å². The van der Waals surface area contributed by atoms with E-state index in [0.717, 1.165) is 38.5 Å². The molecule has 140 valence electrons. The Morgan fingerprint density at radius 2 is 2.08 bits per heavy atom. The van der Waals surface area contributed by atoms with Gasteiger partial charge in [-0.25, -0.2) is 9.78 Å². The molecule has 24 heavy (non-hydrogen) atoms. The van der Waals surface area contributed by atoms with E-state index < -0.39 is 5.97 Å². The third-order valence-corrected chi connectivity index (χ3v) is 5.43. The van der Waals surface area contributed by atoms with Gasteiger partial charge in [0.1, 0.15) is 11.7 Å². The van der Waals surface area contributed by atoms with Crippen molar-refractivity contribution in [2.45, 2.75) is 97.2 Å². The van der Waals surface area contributed by atoms with E-state index in [2.05, 4.69) is 39.8 Å². The van der Waals surface area contributed by atoms with E-state index >= 15 is 0 Å². The quantitative estimate of drug-likeness (QED) is 0.397. The fourth-order valence-electron chi connectivity index (χ4n) is 3.64. The zero-order valence-electron chi connectivity index (χ0n) is 15.9. The van der Waals surface area contributed by atoms with Gasteiger partial charge >= 0.3 is 5.97 Å². The average molecular weight is 341 g/mol. The van der Waals surface area contributed by atoms with Crippen LogP contribution in [0.25, 0.3) is 0 Å². The van der Waals surface area contributed by atoms with Gasteiger partial charge in [0, 0.05) is 0 Å². The Balaban J connectivity index is 2.57.